The topological polar surface area (TPSA) is 35.5 Å². The second kappa shape index (κ2) is 4.09. The molecule has 0 fully saturated rings. The number of methoxy groups -OCH3 is 1. The van der Waals surface area contributed by atoms with Crippen molar-refractivity contribution in [2.75, 3.05) is 7.11 Å². The molecule has 0 atom stereocenters. The van der Waals surface area contributed by atoms with Crippen LogP contribution < -0.4 is 9.68 Å². The quantitative estimate of drug-likeness (QED) is 0.700. The van der Waals surface area contributed by atoms with Crippen molar-refractivity contribution in [3.05, 3.63) is 23.3 Å². The normalized spacial score (nSPS) is 9.71. The summed E-state index contributed by atoms with van der Waals surface area (Å²) in [5.74, 6) is 0.131. The Balaban J connectivity index is 3.31. The fourth-order valence-electron chi connectivity index (χ4n) is 1.23. The summed E-state index contributed by atoms with van der Waals surface area (Å²) in [7, 11) is 1.47. The van der Waals surface area contributed by atoms with E-state index in [1.165, 1.54) is 26.2 Å². The van der Waals surface area contributed by atoms with Gasteiger partial charge in [-0.1, -0.05) is 0 Å². The molecule has 0 heterocycles. The Labute approximate surface area is 81.3 Å². The molecule has 3 nitrogen and oxygen atoms in total. The predicted octanol–water partition coefficient (Wildman–Crippen LogP) is 2.47. The van der Waals surface area contributed by atoms with Gasteiger partial charge in [0.1, 0.15) is 5.75 Å². The monoisotopic (exact) mass is 198 g/mol. The number of aryl methyl sites for hydroxylation is 1. The maximum Gasteiger partial charge on any atom is 0.186 e. The van der Waals surface area contributed by atoms with E-state index in [4.69, 9.17) is 4.74 Å². The molecule has 1 aromatic carbocycles. The number of hydrogen-bond donors (Lipinski definition) is 0. The summed E-state index contributed by atoms with van der Waals surface area (Å²) in [5, 5.41) is 0. The molecule has 0 N–H and O–H groups in total. The van der Waals surface area contributed by atoms with E-state index in [9.17, 15) is 9.32 Å². The van der Waals surface area contributed by atoms with Crippen molar-refractivity contribution in [2.45, 2.75) is 13.8 Å². The average molecular weight is 198 g/mol. The second-order valence-corrected chi connectivity index (χ2v) is 2.95. The van der Waals surface area contributed by atoms with Gasteiger partial charge >= 0.3 is 0 Å². The number of halogens is 1. The molecule has 0 bridgehead atoms. The molecule has 0 aliphatic heterocycles. The molecule has 0 unspecified atom stereocenters. The first-order chi connectivity index (χ1) is 6.60. The van der Waals surface area contributed by atoms with E-state index >= 15 is 0 Å². The molecule has 0 aliphatic carbocycles. The smallest absolute Gasteiger partial charge is 0.186 e. The number of carbonyl (C=O) groups excluding carboxylic acids is 1. The summed E-state index contributed by atoms with van der Waals surface area (Å²) in [5.41, 5.74) is 0.976. The Morgan fingerprint density at radius 2 is 2.00 bits per heavy atom. The largest absolute Gasteiger partial charge is 0.496 e. The highest BCUT2D eigenvalue weighted by Crippen LogP contribution is 2.29. The van der Waals surface area contributed by atoms with Gasteiger partial charge in [0, 0.05) is 10.6 Å². The number of rotatable bonds is 3. The maximum atomic E-state index is 12.1. The summed E-state index contributed by atoms with van der Waals surface area (Å²) in [6, 6.07) is 2.89. The fourth-order valence-corrected chi connectivity index (χ4v) is 1.23. The number of Topliss-reactive ketones (excluding diaryl/α,β-unsaturated/α-hetero) is 1. The highest BCUT2D eigenvalue weighted by Gasteiger charge is 2.13. The predicted molar refractivity (Wildman–Crippen MR) is 49.5 cm³/mol. The van der Waals surface area contributed by atoms with Crippen LogP contribution in [0.4, 0.5) is 4.53 Å². The van der Waals surface area contributed by atoms with E-state index in [2.05, 4.69) is 4.94 Å². The van der Waals surface area contributed by atoms with Crippen LogP contribution in [0.3, 0.4) is 0 Å². The molecule has 0 amide bonds. The standard InChI is InChI=1S/C10H11FO3/c1-6-4-8(7(2)12)10(14-11)5-9(6)13-3/h4-5H,1-3H3. The summed E-state index contributed by atoms with van der Waals surface area (Å²) < 4.78 is 17.1. The lowest BCUT2D eigenvalue weighted by Crippen LogP contribution is -1.98. The minimum absolute atomic E-state index is 0.111. The van der Waals surface area contributed by atoms with Crippen molar-refractivity contribution in [1.29, 1.82) is 0 Å². The summed E-state index contributed by atoms with van der Waals surface area (Å²) >= 11 is 0. The number of carbonyl (C=O) groups is 1. The molecule has 0 saturated heterocycles. The van der Waals surface area contributed by atoms with Crippen molar-refractivity contribution in [3.63, 3.8) is 0 Å². The van der Waals surface area contributed by atoms with Crippen molar-refractivity contribution in [3.8, 4) is 11.5 Å². The Kier molecular flexibility index (Phi) is 3.06. The van der Waals surface area contributed by atoms with Gasteiger partial charge in [-0.15, -0.1) is 0 Å². The van der Waals surface area contributed by atoms with Crippen LogP contribution in [0.15, 0.2) is 12.1 Å². The molecular weight excluding hydrogens is 187 g/mol. The van der Waals surface area contributed by atoms with E-state index in [1.807, 2.05) is 0 Å². The fraction of sp³-hybridized carbons (Fsp3) is 0.300. The van der Waals surface area contributed by atoms with Crippen LogP contribution in [0.5, 0.6) is 11.5 Å². The molecule has 1 aromatic rings. The summed E-state index contributed by atoms with van der Waals surface area (Å²) in [4.78, 5) is 14.7. The highest BCUT2D eigenvalue weighted by atomic mass is 19.3. The first kappa shape index (κ1) is 10.5. The van der Waals surface area contributed by atoms with Crippen LogP contribution >= 0.6 is 0 Å². The van der Waals surface area contributed by atoms with Gasteiger partial charge in [-0.05, 0) is 25.5 Å². The third-order valence-electron chi connectivity index (χ3n) is 1.96. The lowest BCUT2D eigenvalue weighted by Gasteiger charge is -2.08. The molecule has 4 heteroatoms. The Morgan fingerprint density at radius 3 is 2.43 bits per heavy atom. The van der Waals surface area contributed by atoms with Crippen LogP contribution in [0, 0.1) is 6.92 Å². The molecule has 0 aliphatic rings. The SMILES string of the molecule is COc1cc(OF)c(C(C)=O)cc1C. The molecule has 0 saturated carbocycles. The van der Waals surface area contributed by atoms with Gasteiger partial charge in [-0.3, -0.25) is 9.74 Å². The van der Waals surface area contributed by atoms with Crippen LogP contribution in [-0.2, 0) is 0 Å². The number of benzene rings is 1. The van der Waals surface area contributed by atoms with Crippen LogP contribution in [0.2, 0.25) is 0 Å². The lowest BCUT2D eigenvalue weighted by atomic mass is 10.1. The zero-order valence-electron chi connectivity index (χ0n) is 8.26. The molecule has 0 aromatic heterocycles. The van der Waals surface area contributed by atoms with Crippen molar-refractivity contribution < 1.29 is 19.0 Å². The number of ether oxygens (including phenoxy) is 1. The summed E-state index contributed by atoms with van der Waals surface area (Å²) in [6.45, 7) is 3.12. The third-order valence-corrected chi connectivity index (χ3v) is 1.96. The zero-order chi connectivity index (χ0) is 10.7. The minimum atomic E-state index is -0.247. The molecule has 0 radical (unpaired) electrons. The van der Waals surface area contributed by atoms with E-state index in [0.29, 0.717) is 5.75 Å². The Hall–Kier alpha value is -1.58. The average Bonchev–Trinajstić information content (AvgIpc) is 2.17. The first-order valence-electron chi connectivity index (χ1n) is 4.08. The Bertz CT molecular complexity index is 361. The molecular formula is C10H11FO3. The molecule has 14 heavy (non-hydrogen) atoms. The molecule has 0 spiro atoms. The van der Waals surface area contributed by atoms with E-state index < -0.39 is 0 Å². The second-order valence-electron chi connectivity index (χ2n) is 2.95. The number of ketones is 1. The third kappa shape index (κ3) is 1.84. The van der Waals surface area contributed by atoms with Crippen LogP contribution in [0.25, 0.3) is 0 Å². The van der Waals surface area contributed by atoms with Crippen LogP contribution in [0.1, 0.15) is 22.8 Å². The van der Waals surface area contributed by atoms with Gasteiger partial charge in [0.2, 0.25) is 0 Å². The van der Waals surface area contributed by atoms with E-state index in [-0.39, 0.29) is 17.1 Å². The van der Waals surface area contributed by atoms with Gasteiger partial charge in [0.05, 0.1) is 12.7 Å². The van der Waals surface area contributed by atoms with Crippen molar-refractivity contribution in [2.24, 2.45) is 0 Å². The highest BCUT2D eigenvalue weighted by molar-refractivity contribution is 5.97. The van der Waals surface area contributed by atoms with E-state index in [1.54, 1.807) is 6.92 Å². The van der Waals surface area contributed by atoms with Gasteiger partial charge in [-0.25, -0.2) is 0 Å². The Morgan fingerprint density at radius 1 is 1.36 bits per heavy atom. The molecule has 1 rings (SSSR count). The van der Waals surface area contributed by atoms with Gasteiger partial charge in [-0.2, -0.15) is 0 Å². The molecule has 76 valence electrons. The van der Waals surface area contributed by atoms with Crippen molar-refractivity contribution in [1.82, 2.24) is 0 Å². The first-order valence-corrected chi connectivity index (χ1v) is 4.08. The zero-order valence-corrected chi connectivity index (χ0v) is 8.26. The lowest BCUT2D eigenvalue weighted by molar-refractivity contribution is -0.00727. The van der Waals surface area contributed by atoms with E-state index in [0.717, 1.165) is 5.56 Å². The van der Waals surface area contributed by atoms with Crippen molar-refractivity contribution >= 4 is 5.78 Å². The maximum absolute atomic E-state index is 12.1. The number of hydrogen-bond acceptors (Lipinski definition) is 3. The van der Waals surface area contributed by atoms with Gasteiger partial charge in [0.15, 0.2) is 11.5 Å². The van der Waals surface area contributed by atoms with Gasteiger partial charge in [0.25, 0.3) is 0 Å². The minimum Gasteiger partial charge on any atom is -0.496 e. The van der Waals surface area contributed by atoms with Gasteiger partial charge < -0.3 is 4.74 Å². The van der Waals surface area contributed by atoms with Crippen LogP contribution in [-0.4, -0.2) is 12.9 Å². The summed E-state index contributed by atoms with van der Waals surface area (Å²) in [6.07, 6.45) is 0.